The van der Waals surface area contributed by atoms with E-state index in [1.807, 2.05) is 6.92 Å². The van der Waals surface area contributed by atoms with Crippen molar-refractivity contribution in [2.24, 2.45) is 0 Å². The van der Waals surface area contributed by atoms with E-state index in [0.717, 1.165) is 19.4 Å². The van der Waals surface area contributed by atoms with Crippen molar-refractivity contribution in [3.63, 3.8) is 0 Å². The van der Waals surface area contributed by atoms with Crippen LogP contribution in [0.1, 0.15) is 32.6 Å². The molecule has 5 heteroatoms. The summed E-state index contributed by atoms with van der Waals surface area (Å²) in [4.78, 5) is 11.9. The molecule has 1 aromatic rings. The van der Waals surface area contributed by atoms with Crippen LogP contribution in [0.15, 0.2) is 18.2 Å². The first kappa shape index (κ1) is 14.8. The molecule has 1 amide bonds. The van der Waals surface area contributed by atoms with Gasteiger partial charge >= 0.3 is 0 Å². The molecule has 1 atom stereocenters. The molecule has 0 aromatic heterocycles. The maximum absolute atomic E-state index is 13.2. The van der Waals surface area contributed by atoms with Crippen molar-refractivity contribution < 1.29 is 13.9 Å². The first-order chi connectivity index (χ1) is 9.69. The van der Waals surface area contributed by atoms with Crippen LogP contribution in [0.5, 0.6) is 5.75 Å². The van der Waals surface area contributed by atoms with Gasteiger partial charge < -0.3 is 15.4 Å². The van der Waals surface area contributed by atoms with E-state index >= 15 is 0 Å². The maximum Gasteiger partial charge on any atom is 0.224 e. The lowest BCUT2D eigenvalue weighted by atomic mass is 10.1. The Morgan fingerprint density at radius 3 is 3.10 bits per heavy atom. The minimum absolute atomic E-state index is 0.0636. The van der Waals surface area contributed by atoms with Crippen molar-refractivity contribution in [2.75, 3.05) is 18.5 Å². The van der Waals surface area contributed by atoms with Gasteiger partial charge in [0.25, 0.3) is 0 Å². The Kier molecular flexibility index (Phi) is 5.35. The number of nitrogens with one attached hydrogen (secondary N) is 2. The summed E-state index contributed by atoms with van der Waals surface area (Å²) in [5.41, 5.74) is 0.526. The molecule has 1 heterocycles. The highest BCUT2D eigenvalue weighted by Gasteiger charge is 2.16. The largest absolute Gasteiger partial charge is 0.492 e. The predicted octanol–water partition coefficient (Wildman–Crippen LogP) is 2.70. The minimum atomic E-state index is -0.374. The van der Waals surface area contributed by atoms with Crippen molar-refractivity contribution in [3.05, 3.63) is 24.0 Å². The highest BCUT2D eigenvalue weighted by molar-refractivity contribution is 5.92. The molecule has 1 aliphatic heterocycles. The van der Waals surface area contributed by atoms with Crippen LogP contribution in [0, 0.1) is 5.82 Å². The van der Waals surface area contributed by atoms with Gasteiger partial charge in [0.2, 0.25) is 5.91 Å². The standard InChI is InChI=1S/C15H21FN2O2/c1-2-20-14-10-11(16)5-7-13(14)18-15(19)8-6-12-4-3-9-17-12/h5,7,10,12,17H,2-4,6,8-9H2,1H3,(H,18,19). The van der Waals surface area contributed by atoms with Gasteiger partial charge in [0.1, 0.15) is 11.6 Å². The van der Waals surface area contributed by atoms with Gasteiger partial charge in [0, 0.05) is 18.5 Å². The van der Waals surface area contributed by atoms with E-state index in [4.69, 9.17) is 4.74 Å². The molecule has 2 rings (SSSR count). The van der Waals surface area contributed by atoms with Gasteiger partial charge in [-0.3, -0.25) is 4.79 Å². The highest BCUT2D eigenvalue weighted by atomic mass is 19.1. The second-order valence-corrected chi connectivity index (χ2v) is 4.95. The quantitative estimate of drug-likeness (QED) is 0.842. The first-order valence-electron chi connectivity index (χ1n) is 7.14. The summed E-state index contributed by atoms with van der Waals surface area (Å²) in [5.74, 6) is -0.0623. The summed E-state index contributed by atoms with van der Waals surface area (Å²) in [6, 6.07) is 4.58. The zero-order valence-electron chi connectivity index (χ0n) is 11.7. The monoisotopic (exact) mass is 280 g/mol. The van der Waals surface area contributed by atoms with Crippen molar-refractivity contribution in [1.29, 1.82) is 0 Å². The molecule has 1 saturated heterocycles. The van der Waals surface area contributed by atoms with Gasteiger partial charge in [-0.25, -0.2) is 4.39 Å². The van der Waals surface area contributed by atoms with Gasteiger partial charge in [-0.15, -0.1) is 0 Å². The van der Waals surface area contributed by atoms with Crippen LogP contribution in [0.3, 0.4) is 0 Å². The van der Waals surface area contributed by atoms with E-state index in [0.29, 0.717) is 30.5 Å². The van der Waals surface area contributed by atoms with Crippen LogP contribution in [-0.4, -0.2) is 25.1 Å². The molecule has 2 N–H and O–H groups in total. The molecule has 0 aliphatic carbocycles. The zero-order chi connectivity index (χ0) is 14.4. The van der Waals surface area contributed by atoms with Crippen LogP contribution >= 0.6 is 0 Å². The Hall–Kier alpha value is -1.62. The normalized spacial score (nSPS) is 18.0. The second-order valence-electron chi connectivity index (χ2n) is 4.95. The fourth-order valence-corrected chi connectivity index (χ4v) is 2.40. The number of ether oxygens (including phenoxy) is 1. The predicted molar refractivity (Wildman–Crippen MR) is 76.5 cm³/mol. The smallest absolute Gasteiger partial charge is 0.224 e. The Morgan fingerprint density at radius 1 is 1.55 bits per heavy atom. The Labute approximate surface area is 118 Å². The number of carbonyl (C=O) groups is 1. The minimum Gasteiger partial charge on any atom is -0.492 e. The summed E-state index contributed by atoms with van der Waals surface area (Å²) in [7, 11) is 0. The highest BCUT2D eigenvalue weighted by Crippen LogP contribution is 2.25. The summed E-state index contributed by atoms with van der Waals surface area (Å²) in [5, 5.41) is 6.15. The van der Waals surface area contributed by atoms with Crippen molar-refractivity contribution in [3.8, 4) is 5.75 Å². The number of carbonyl (C=O) groups excluding carboxylic acids is 1. The van der Waals surface area contributed by atoms with Crippen LogP contribution in [0.4, 0.5) is 10.1 Å². The van der Waals surface area contributed by atoms with Crippen LogP contribution in [0.2, 0.25) is 0 Å². The molecular formula is C15H21FN2O2. The third-order valence-corrected chi connectivity index (χ3v) is 3.40. The molecule has 0 bridgehead atoms. The number of halogens is 1. The Morgan fingerprint density at radius 2 is 2.40 bits per heavy atom. The van der Waals surface area contributed by atoms with E-state index < -0.39 is 0 Å². The topological polar surface area (TPSA) is 50.4 Å². The van der Waals surface area contributed by atoms with Gasteiger partial charge in [0.15, 0.2) is 0 Å². The molecule has 0 saturated carbocycles. The lowest BCUT2D eigenvalue weighted by molar-refractivity contribution is -0.116. The summed E-state index contributed by atoms with van der Waals surface area (Å²) >= 11 is 0. The van der Waals surface area contributed by atoms with Crippen molar-refractivity contribution >= 4 is 11.6 Å². The molecular weight excluding hydrogens is 259 g/mol. The lowest BCUT2D eigenvalue weighted by Crippen LogP contribution is -2.23. The Balaban J connectivity index is 1.89. The summed E-state index contributed by atoms with van der Waals surface area (Å²) in [6.07, 6.45) is 3.60. The molecule has 0 radical (unpaired) electrons. The third kappa shape index (κ3) is 4.20. The van der Waals surface area contributed by atoms with Gasteiger partial charge in [-0.1, -0.05) is 0 Å². The molecule has 1 aliphatic rings. The summed E-state index contributed by atoms with van der Waals surface area (Å²) in [6.45, 7) is 3.29. The van der Waals surface area contributed by atoms with Gasteiger partial charge in [-0.2, -0.15) is 0 Å². The van der Waals surface area contributed by atoms with Gasteiger partial charge in [-0.05, 0) is 44.9 Å². The second kappa shape index (κ2) is 7.24. The number of amides is 1. The third-order valence-electron chi connectivity index (χ3n) is 3.40. The molecule has 1 aromatic carbocycles. The van der Waals surface area contributed by atoms with E-state index in [-0.39, 0.29) is 11.7 Å². The fraction of sp³-hybridized carbons (Fsp3) is 0.533. The van der Waals surface area contributed by atoms with Crippen LogP contribution in [-0.2, 0) is 4.79 Å². The van der Waals surface area contributed by atoms with Crippen molar-refractivity contribution in [2.45, 2.75) is 38.6 Å². The maximum atomic E-state index is 13.2. The molecule has 1 unspecified atom stereocenters. The van der Waals surface area contributed by atoms with Crippen LogP contribution in [0.25, 0.3) is 0 Å². The van der Waals surface area contributed by atoms with Crippen molar-refractivity contribution in [1.82, 2.24) is 5.32 Å². The average Bonchev–Trinajstić information content (AvgIpc) is 2.93. The zero-order valence-corrected chi connectivity index (χ0v) is 11.7. The van der Waals surface area contributed by atoms with E-state index in [1.165, 1.54) is 24.6 Å². The SMILES string of the molecule is CCOc1cc(F)ccc1NC(=O)CCC1CCCN1. The number of benzene rings is 1. The molecule has 110 valence electrons. The molecule has 4 nitrogen and oxygen atoms in total. The van der Waals surface area contributed by atoms with E-state index in [9.17, 15) is 9.18 Å². The first-order valence-corrected chi connectivity index (χ1v) is 7.14. The van der Waals surface area contributed by atoms with E-state index in [1.54, 1.807) is 0 Å². The average molecular weight is 280 g/mol. The number of rotatable bonds is 6. The lowest BCUT2D eigenvalue weighted by Gasteiger charge is -2.13. The van der Waals surface area contributed by atoms with E-state index in [2.05, 4.69) is 10.6 Å². The number of anilines is 1. The number of hydrogen-bond donors (Lipinski definition) is 2. The van der Waals surface area contributed by atoms with Gasteiger partial charge in [0.05, 0.1) is 12.3 Å². The molecule has 0 spiro atoms. The molecule has 20 heavy (non-hydrogen) atoms. The number of hydrogen-bond acceptors (Lipinski definition) is 3. The molecule has 1 fully saturated rings. The van der Waals surface area contributed by atoms with Crippen LogP contribution < -0.4 is 15.4 Å². The summed E-state index contributed by atoms with van der Waals surface area (Å²) < 4.78 is 18.5. The Bertz CT molecular complexity index is 459. The fourth-order valence-electron chi connectivity index (χ4n) is 2.40.